The van der Waals surface area contributed by atoms with Crippen LogP contribution in [0.1, 0.15) is 65.7 Å². The number of ether oxygens (including phenoxy) is 1. The lowest BCUT2D eigenvalue weighted by atomic mass is 9.64. The van der Waals surface area contributed by atoms with Gasteiger partial charge in [0, 0.05) is 13.0 Å². The zero-order valence-corrected chi connectivity index (χ0v) is 18.3. The molecule has 0 aromatic rings. The molecule has 3 rings (SSSR count). The SMILES string of the molecule is C=C1/C(=C\C=C2/CCC[C@]3(C)C(COCCC(C)(C)O)=CC[C@@H]23)C[C@@H](O)C[C@@H]1O. The second-order valence-corrected chi connectivity index (χ2v) is 9.97. The van der Waals surface area contributed by atoms with Crippen LogP contribution >= 0.6 is 0 Å². The third-order valence-corrected chi connectivity index (χ3v) is 7.09. The van der Waals surface area contributed by atoms with Gasteiger partial charge in [-0.2, -0.15) is 0 Å². The van der Waals surface area contributed by atoms with Crippen LogP contribution in [0, 0.1) is 11.3 Å². The minimum atomic E-state index is -0.685. The van der Waals surface area contributed by atoms with Gasteiger partial charge in [0.25, 0.3) is 0 Å². The Kier molecular flexibility index (Phi) is 6.89. The van der Waals surface area contributed by atoms with E-state index in [0.717, 1.165) is 30.4 Å². The lowest BCUT2D eigenvalue weighted by Crippen LogP contribution is -2.32. The first-order valence-corrected chi connectivity index (χ1v) is 11.0. The summed E-state index contributed by atoms with van der Waals surface area (Å²) in [5.41, 5.74) is 4.02. The smallest absolute Gasteiger partial charge is 0.0811 e. The first-order chi connectivity index (χ1) is 13.6. The van der Waals surface area contributed by atoms with Gasteiger partial charge in [0.1, 0.15) is 0 Å². The van der Waals surface area contributed by atoms with E-state index in [2.05, 4.69) is 31.7 Å². The van der Waals surface area contributed by atoms with Crippen LogP contribution in [0.25, 0.3) is 0 Å². The largest absolute Gasteiger partial charge is 0.393 e. The average molecular weight is 403 g/mol. The van der Waals surface area contributed by atoms with Gasteiger partial charge in [0.05, 0.1) is 24.4 Å². The highest BCUT2D eigenvalue weighted by atomic mass is 16.5. The highest BCUT2D eigenvalue weighted by Gasteiger charge is 2.44. The Balaban J connectivity index is 1.66. The van der Waals surface area contributed by atoms with Crippen molar-refractivity contribution >= 4 is 0 Å². The summed E-state index contributed by atoms with van der Waals surface area (Å²) in [4.78, 5) is 0. The summed E-state index contributed by atoms with van der Waals surface area (Å²) in [5, 5.41) is 29.9. The van der Waals surface area contributed by atoms with Crippen molar-refractivity contribution in [1.29, 1.82) is 0 Å². The van der Waals surface area contributed by atoms with E-state index in [1.807, 2.05) is 13.8 Å². The summed E-state index contributed by atoms with van der Waals surface area (Å²) in [5.74, 6) is 0.493. The number of allylic oxidation sites excluding steroid dienone is 4. The number of hydrogen-bond acceptors (Lipinski definition) is 4. The fourth-order valence-electron chi connectivity index (χ4n) is 5.10. The van der Waals surface area contributed by atoms with Crippen LogP contribution in [0.4, 0.5) is 0 Å². The Morgan fingerprint density at radius 1 is 1.31 bits per heavy atom. The van der Waals surface area contributed by atoms with E-state index in [-0.39, 0.29) is 5.41 Å². The molecule has 29 heavy (non-hydrogen) atoms. The van der Waals surface area contributed by atoms with Crippen molar-refractivity contribution in [2.24, 2.45) is 11.3 Å². The summed E-state index contributed by atoms with van der Waals surface area (Å²) in [6.07, 6.45) is 11.6. The first kappa shape index (κ1) is 22.5. The molecule has 0 amide bonds. The third-order valence-electron chi connectivity index (χ3n) is 7.09. The van der Waals surface area contributed by atoms with Gasteiger partial charge < -0.3 is 20.1 Å². The molecule has 4 heteroatoms. The van der Waals surface area contributed by atoms with Gasteiger partial charge in [-0.15, -0.1) is 0 Å². The molecule has 0 heterocycles. The van der Waals surface area contributed by atoms with Crippen molar-refractivity contribution in [2.75, 3.05) is 13.2 Å². The van der Waals surface area contributed by atoms with Crippen LogP contribution in [0.3, 0.4) is 0 Å². The van der Waals surface area contributed by atoms with Gasteiger partial charge in [-0.05, 0) is 80.4 Å². The van der Waals surface area contributed by atoms with Crippen molar-refractivity contribution in [2.45, 2.75) is 83.5 Å². The molecule has 4 atom stereocenters. The molecule has 3 aliphatic carbocycles. The minimum Gasteiger partial charge on any atom is -0.393 e. The lowest BCUT2D eigenvalue weighted by molar-refractivity contribution is 0.0299. The Morgan fingerprint density at radius 3 is 2.79 bits per heavy atom. The summed E-state index contributed by atoms with van der Waals surface area (Å²) in [6.45, 7) is 11.2. The molecule has 0 saturated heterocycles. The van der Waals surface area contributed by atoms with E-state index in [9.17, 15) is 15.3 Å². The van der Waals surface area contributed by atoms with E-state index >= 15 is 0 Å². The lowest BCUT2D eigenvalue weighted by Gasteiger charge is -2.41. The molecule has 0 unspecified atom stereocenters. The zero-order chi connectivity index (χ0) is 21.2. The Morgan fingerprint density at radius 2 is 2.07 bits per heavy atom. The Bertz CT molecular complexity index is 709. The van der Waals surface area contributed by atoms with Crippen LogP contribution in [0.15, 0.2) is 47.1 Å². The second-order valence-electron chi connectivity index (χ2n) is 9.97. The normalized spacial score (nSPS) is 35.9. The molecule has 3 N–H and O–H groups in total. The fourth-order valence-corrected chi connectivity index (χ4v) is 5.10. The summed E-state index contributed by atoms with van der Waals surface area (Å²) in [7, 11) is 0. The quantitative estimate of drug-likeness (QED) is 0.459. The minimum absolute atomic E-state index is 0.139. The van der Waals surface area contributed by atoms with Crippen LogP contribution in [0.2, 0.25) is 0 Å². The molecule has 0 aromatic carbocycles. The van der Waals surface area contributed by atoms with E-state index in [0.29, 0.717) is 38.4 Å². The maximum Gasteiger partial charge on any atom is 0.0811 e. The number of hydrogen-bond donors (Lipinski definition) is 3. The van der Waals surface area contributed by atoms with Gasteiger partial charge in [0.2, 0.25) is 0 Å². The second kappa shape index (κ2) is 8.89. The molecule has 0 radical (unpaired) electrons. The van der Waals surface area contributed by atoms with Gasteiger partial charge in [-0.1, -0.05) is 37.3 Å². The summed E-state index contributed by atoms with van der Waals surface area (Å²) in [6, 6.07) is 0. The predicted molar refractivity (Wildman–Crippen MR) is 116 cm³/mol. The number of fused-ring (bicyclic) bond motifs is 1. The molecule has 3 aliphatic rings. The molecular formula is C25H38O4. The number of rotatable bonds is 6. The molecular weight excluding hydrogens is 364 g/mol. The highest BCUT2D eigenvalue weighted by molar-refractivity contribution is 5.40. The molecule has 0 bridgehead atoms. The van der Waals surface area contributed by atoms with Gasteiger partial charge in [-0.25, -0.2) is 0 Å². The Labute approximate surface area is 175 Å². The molecule has 4 nitrogen and oxygen atoms in total. The van der Waals surface area contributed by atoms with Crippen molar-refractivity contribution in [3.8, 4) is 0 Å². The van der Waals surface area contributed by atoms with Crippen molar-refractivity contribution in [3.63, 3.8) is 0 Å². The highest BCUT2D eigenvalue weighted by Crippen LogP contribution is 2.54. The monoisotopic (exact) mass is 402 g/mol. The van der Waals surface area contributed by atoms with Crippen LogP contribution in [-0.2, 0) is 4.74 Å². The van der Waals surface area contributed by atoms with E-state index in [1.165, 1.54) is 17.6 Å². The predicted octanol–water partition coefficient (Wildman–Crippen LogP) is 4.23. The topological polar surface area (TPSA) is 69.9 Å². The van der Waals surface area contributed by atoms with Gasteiger partial charge >= 0.3 is 0 Å². The van der Waals surface area contributed by atoms with Crippen molar-refractivity contribution < 1.29 is 20.1 Å². The summed E-state index contributed by atoms with van der Waals surface area (Å²) < 4.78 is 5.91. The maximum absolute atomic E-state index is 10.1. The van der Waals surface area contributed by atoms with E-state index < -0.39 is 17.8 Å². The zero-order valence-electron chi connectivity index (χ0n) is 18.3. The Hall–Kier alpha value is -1.20. The number of aliphatic hydroxyl groups excluding tert-OH is 2. The van der Waals surface area contributed by atoms with E-state index in [1.54, 1.807) is 0 Å². The molecule has 0 spiro atoms. The van der Waals surface area contributed by atoms with Gasteiger partial charge in [-0.3, -0.25) is 0 Å². The maximum atomic E-state index is 10.1. The van der Waals surface area contributed by atoms with Crippen LogP contribution in [0.5, 0.6) is 0 Å². The standard InChI is InChI=1S/C25H38O4/c1-17-19(14-21(26)15-23(17)27)8-7-18-6-5-11-25(4)20(9-10-22(18)25)16-29-13-12-24(2,3)28/h7-9,21-23,26-28H,1,5-6,10-16H2,2-4H3/b18-7+,19-8-/t21-,22+,23+,25-/m1/s1. The third kappa shape index (κ3) is 5.29. The average Bonchev–Trinajstić information content (AvgIpc) is 2.96. The van der Waals surface area contributed by atoms with E-state index in [4.69, 9.17) is 4.74 Å². The first-order valence-electron chi connectivity index (χ1n) is 11.0. The molecule has 2 saturated carbocycles. The van der Waals surface area contributed by atoms with Gasteiger partial charge in [0.15, 0.2) is 0 Å². The number of aliphatic hydroxyl groups is 3. The summed E-state index contributed by atoms with van der Waals surface area (Å²) >= 11 is 0. The van der Waals surface area contributed by atoms with Crippen LogP contribution in [-0.4, -0.2) is 46.3 Å². The molecule has 162 valence electrons. The molecule has 0 aromatic heterocycles. The molecule has 0 aliphatic heterocycles. The van der Waals surface area contributed by atoms with Crippen LogP contribution < -0.4 is 0 Å². The van der Waals surface area contributed by atoms with Crippen molar-refractivity contribution in [1.82, 2.24) is 0 Å². The molecule has 2 fully saturated rings. The fraction of sp³-hybridized carbons (Fsp3) is 0.680. The van der Waals surface area contributed by atoms with Crippen molar-refractivity contribution in [3.05, 3.63) is 47.1 Å².